The van der Waals surface area contributed by atoms with E-state index in [1.807, 2.05) is 6.08 Å². The molecule has 2 aliphatic rings. The number of nitrogens with one attached hydrogen (secondary N) is 1. The van der Waals surface area contributed by atoms with Crippen molar-refractivity contribution in [2.75, 3.05) is 19.8 Å². The molecular weight excluding hydrogens is 1090 g/mol. The standard InChI is InChI=1S/C72H139NO13/c1-3-5-7-9-11-13-15-17-19-21-22-23-24-25-26-27-28-29-30-31-32-33-34-35-36-37-38-39-40-42-44-46-48-50-52-54-56-64(77)73-60(61(76)55-53-51-49-47-45-43-41-20-18-16-14-12-10-8-6-4-2)59-83-71-69(82)67(80)70(63(58-75)85-71)86-72-68(81)66(79)65(78)62(57-74)84-72/h53,55,60-63,65-72,74-76,78-82H,3-52,54,56-59H2,1-2H3,(H,73,77)/b55-53+/t60-,61+,62+,63+,65-,66?,67?,68?,69?,70+,71+,72-/m0/s1. The Balaban J connectivity index is 1.58. The number of aliphatic hydroxyl groups is 8. The van der Waals surface area contributed by atoms with E-state index in [-0.39, 0.29) is 18.9 Å². The topological polar surface area (TPSA) is 228 Å². The van der Waals surface area contributed by atoms with Crippen LogP contribution in [0.2, 0.25) is 0 Å². The van der Waals surface area contributed by atoms with Gasteiger partial charge in [0.1, 0.15) is 48.8 Å². The van der Waals surface area contributed by atoms with Crippen LogP contribution in [-0.4, -0.2) is 140 Å². The molecule has 2 rings (SSSR count). The minimum Gasteiger partial charge on any atom is -0.394 e. The molecule has 1 amide bonds. The molecule has 0 saturated carbocycles. The zero-order valence-electron chi connectivity index (χ0n) is 55.6. The summed E-state index contributed by atoms with van der Waals surface area (Å²) in [6, 6.07) is -0.911. The summed E-state index contributed by atoms with van der Waals surface area (Å²) in [4.78, 5) is 13.3. The molecule has 0 aliphatic carbocycles. The molecular formula is C72H139NO13. The third-order valence-corrected chi connectivity index (χ3v) is 18.5. The maximum atomic E-state index is 13.3. The van der Waals surface area contributed by atoms with Crippen molar-refractivity contribution in [1.29, 1.82) is 0 Å². The van der Waals surface area contributed by atoms with Gasteiger partial charge in [-0.2, -0.15) is 0 Å². The number of ether oxygens (including phenoxy) is 4. The van der Waals surface area contributed by atoms with Crippen LogP contribution >= 0.6 is 0 Å². The lowest BCUT2D eigenvalue weighted by molar-refractivity contribution is -0.359. The molecule has 2 saturated heterocycles. The summed E-state index contributed by atoms with van der Waals surface area (Å²) in [7, 11) is 0. The Kier molecular flexibility index (Phi) is 54.1. The van der Waals surface area contributed by atoms with Crippen LogP contribution in [-0.2, 0) is 23.7 Å². The molecule has 12 atom stereocenters. The third-order valence-electron chi connectivity index (χ3n) is 18.5. The van der Waals surface area contributed by atoms with Crippen LogP contribution in [0, 0.1) is 0 Å². The lowest BCUT2D eigenvalue weighted by Crippen LogP contribution is -2.65. The highest BCUT2D eigenvalue weighted by atomic mass is 16.7. The van der Waals surface area contributed by atoms with Crippen molar-refractivity contribution in [2.24, 2.45) is 0 Å². The summed E-state index contributed by atoms with van der Waals surface area (Å²) < 4.78 is 22.8. The minimum absolute atomic E-state index is 0.231. The number of aliphatic hydroxyl groups excluding tert-OH is 8. The molecule has 510 valence electrons. The number of allylic oxidation sites excluding steroid dienone is 1. The van der Waals surface area contributed by atoms with E-state index in [1.165, 1.54) is 283 Å². The highest BCUT2D eigenvalue weighted by molar-refractivity contribution is 5.76. The molecule has 0 spiro atoms. The number of unbranched alkanes of at least 4 members (excludes halogenated alkanes) is 49. The van der Waals surface area contributed by atoms with E-state index in [4.69, 9.17) is 18.9 Å². The Hall–Kier alpha value is -1.27. The maximum absolute atomic E-state index is 13.3. The smallest absolute Gasteiger partial charge is 0.220 e. The molecule has 0 aromatic rings. The van der Waals surface area contributed by atoms with Gasteiger partial charge in [0.05, 0.1) is 32.0 Å². The van der Waals surface area contributed by atoms with Crippen LogP contribution in [0.15, 0.2) is 12.2 Å². The number of amides is 1. The van der Waals surface area contributed by atoms with E-state index < -0.39 is 86.8 Å². The number of carbonyl (C=O) groups is 1. The van der Waals surface area contributed by atoms with Gasteiger partial charge >= 0.3 is 0 Å². The molecule has 2 heterocycles. The van der Waals surface area contributed by atoms with Gasteiger partial charge in [0.2, 0.25) is 5.91 Å². The van der Waals surface area contributed by atoms with E-state index in [0.717, 1.165) is 44.9 Å². The number of hydrogen-bond acceptors (Lipinski definition) is 13. The lowest BCUT2D eigenvalue weighted by Gasteiger charge is -2.46. The molecule has 14 heteroatoms. The average Bonchev–Trinajstić information content (AvgIpc) is 2.45. The summed E-state index contributed by atoms with van der Waals surface area (Å²) in [6.45, 7) is 2.85. The first-order valence-electron chi connectivity index (χ1n) is 36.9. The zero-order chi connectivity index (χ0) is 62.3. The normalized spacial score (nSPS) is 23.4. The van der Waals surface area contributed by atoms with Crippen LogP contribution < -0.4 is 5.32 Å². The second-order valence-electron chi connectivity index (χ2n) is 26.4. The van der Waals surface area contributed by atoms with Crippen molar-refractivity contribution < 1.29 is 64.6 Å². The molecule has 0 radical (unpaired) electrons. The molecule has 14 nitrogen and oxygen atoms in total. The maximum Gasteiger partial charge on any atom is 0.220 e. The fourth-order valence-corrected chi connectivity index (χ4v) is 12.6. The second kappa shape index (κ2) is 57.6. The van der Waals surface area contributed by atoms with Gasteiger partial charge in [-0.3, -0.25) is 4.79 Å². The van der Waals surface area contributed by atoms with Gasteiger partial charge < -0.3 is 65.1 Å². The predicted molar refractivity (Wildman–Crippen MR) is 351 cm³/mol. The van der Waals surface area contributed by atoms with Gasteiger partial charge in [0.15, 0.2) is 12.6 Å². The molecule has 9 N–H and O–H groups in total. The average molecular weight is 1230 g/mol. The Morgan fingerprint density at radius 1 is 0.407 bits per heavy atom. The lowest BCUT2D eigenvalue weighted by atomic mass is 9.97. The van der Waals surface area contributed by atoms with Crippen LogP contribution in [0.4, 0.5) is 0 Å². The quantitative estimate of drug-likeness (QED) is 0.0204. The summed E-state index contributed by atoms with van der Waals surface area (Å²) in [5.41, 5.74) is 0. The fourth-order valence-electron chi connectivity index (χ4n) is 12.6. The summed E-state index contributed by atoms with van der Waals surface area (Å²) in [5.74, 6) is -0.231. The monoisotopic (exact) mass is 1230 g/mol. The second-order valence-corrected chi connectivity index (χ2v) is 26.4. The molecule has 0 aromatic heterocycles. The number of hydrogen-bond donors (Lipinski definition) is 9. The summed E-state index contributed by atoms with van der Waals surface area (Å²) in [5, 5.41) is 87.4. The highest BCUT2D eigenvalue weighted by Gasteiger charge is 2.51. The van der Waals surface area contributed by atoms with Gasteiger partial charge in [-0.25, -0.2) is 0 Å². The first-order valence-corrected chi connectivity index (χ1v) is 36.9. The van der Waals surface area contributed by atoms with Crippen molar-refractivity contribution in [1.82, 2.24) is 5.32 Å². The zero-order valence-corrected chi connectivity index (χ0v) is 55.6. The predicted octanol–water partition coefficient (Wildman–Crippen LogP) is 15.4. The van der Waals surface area contributed by atoms with E-state index in [1.54, 1.807) is 6.08 Å². The molecule has 2 fully saturated rings. The first kappa shape index (κ1) is 80.8. The Bertz CT molecular complexity index is 1490. The Morgan fingerprint density at radius 3 is 1.07 bits per heavy atom. The van der Waals surface area contributed by atoms with E-state index in [2.05, 4.69) is 19.2 Å². The van der Waals surface area contributed by atoms with Gasteiger partial charge in [-0.1, -0.05) is 334 Å². The van der Waals surface area contributed by atoms with Crippen LogP contribution in [0.1, 0.15) is 348 Å². The van der Waals surface area contributed by atoms with Gasteiger partial charge in [-0.05, 0) is 19.3 Å². The van der Waals surface area contributed by atoms with Crippen molar-refractivity contribution in [3.8, 4) is 0 Å². The van der Waals surface area contributed by atoms with Crippen molar-refractivity contribution in [3.05, 3.63) is 12.2 Å². The number of carbonyl (C=O) groups excluding carboxylic acids is 1. The summed E-state index contributed by atoms with van der Waals surface area (Å²) >= 11 is 0. The molecule has 4 unspecified atom stereocenters. The van der Waals surface area contributed by atoms with Crippen molar-refractivity contribution >= 4 is 5.91 Å². The molecule has 2 aliphatic heterocycles. The Morgan fingerprint density at radius 2 is 0.721 bits per heavy atom. The molecule has 0 aromatic carbocycles. The van der Waals surface area contributed by atoms with Crippen molar-refractivity contribution in [2.45, 2.75) is 421 Å². The Labute approximate surface area is 526 Å². The summed E-state index contributed by atoms with van der Waals surface area (Å²) in [6.07, 6.45) is 54.4. The SMILES string of the molecule is CCCCCCCCCCCCCCCC/C=C/[C@@H](O)[C@H](CO[C@@H]1O[C@H](CO)[C@@H](O[C@@H]2O[C@H](CO)[C@H](O)C(O)C2O)C(O)C1O)NC(=O)CCCCCCCCCCCCCCCCCCCCCCCCCCCCCCCCCCCCCC. The van der Waals surface area contributed by atoms with Gasteiger partial charge in [0.25, 0.3) is 0 Å². The molecule has 0 bridgehead atoms. The fraction of sp³-hybridized carbons (Fsp3) is 0.958. The largest absolute Gasteiger partial charge is 0.394 e. The van der Waals surface area contributed by atoms with E-state index in [0.29, 0.717) is 0 Å². The minimum atomic E-state index is -1.79. The van der Waals surface area contributed by atoms with Crippen molar-refractivity contribution in [3.63, 3.8) is 0 Å². The van der Waals surface area contributed by atoms with Gasteiger partial charge in [-0.15, -0.1) is 0 Å². The van der Waals surface area contributed by atoms with E-state index >= 15 is 0 Å². The van der Waals surface area contributed by atoms with E-state index in [9.17, 15) is 45.6 Å². The van der Waals surface area contributed by atoms with Gasteiger partial charge in [0, 0.05) is 6.42 Å². The highest BCUT2D eigenvalue weighted by Crippen LogP contribution is 2.30. The number of rotatable bonds is 62. The van der Waals surface area contributed by atoms with Crippen LogP contribution in [0.25, 0.3) is 0 Å². The third kappa shape index (κ3) is 41.3. The van der Waals surface area contributed by atoms with Crippen LogP contribution in [0.3, 0.4) is 0 Å². The first-order chi connectivity index (χ1) is 42.1. The van der Waals surface area contributed by atoms with Crippen LogP contribution in [0.5, 0.6) is 0 Å². The molecule has 86 heavy (non-hydrogen) atoms.